The molecule has 0 saturated heterocycles. The number of benzene rings is 1. The molecule has 1 N–H and O–H groups in total. The van der Waals surface area contributed by atoms with E-state index in [0.717, 1.165) is 23.9 Å². The summed E-state index contributed by atoms with van der Waals surface area (Å²) in [7, 11) is 0. The van der Waals surface area contributed by atoms with Gasteiger partial charge < -0.3 is 4.90 Å². The fourth-order valence-corrected chi connectivity index (χ4v) is 2.33. The highest BCUT2D eigenvalue weighted by atomic mass is 15.2. The summed E-state index contributed by atoms with van der Waals surface area (Å²) in [5.74, 6) is 1.51. The molecule has 1 saturated carbocycles. The molecule has 0 radical (unpaired) electrons. The smallest absolute Gasteiger partial charge is 0.128 e. The van der Waals surface area contributed by atoms with Crippen molar-refractivity contribution < 1.29 is 0 Å². The molecule has 2 aliphatic rings. The summed E-state index contributed by atoms with van der Waals surface area (Å²) in [6.07, 6.45) is 1.26. The fourth-order valence-electron chi connectivity index (χ4n) is 2.33. The highest BCUT2D eigenvalue weighted by molar-refractivity contribution is 6.00. The van der Waals surface area contributed by atoms with E-state index in [1.165, 1.54) is 12.0 Å². The van der Waals surface area contributed by atoms with Gasteiger partial charge in [-0.25, -0.2) is 0 Å². The van der Waals surface area contributed by atoms with Gasteiger partial charge >= 0.3 is 0 Å². The van der Waals surface area contributed by atoms with Gasteiger partial charge in [0, 0.05) is 18.2 Å². The number of fused-ring (bicyclic) bond motifs is 1. The van der Waals surface area contributed by atoms with E-state index in [1.807, 2.05) is 6.07 Å². The highest BCUT2D eigenvalue weighted by Gasteiger charge is 2.42. The third-order valence-electron chi connectivity index (χ3n) is 3.37. The van der Waals surface area contributed by atoms with Crippen LogP contribution in [0.15, 0.2) is 24.3 Å². The first-order valence-electron chi connectivity index (χ1n) is 5.21. The molecule has 72 valence electrons. The van der Waals surface area contributed by atoms with Gasteiger partial charge in [0.2, 0.25) is 0 Å². The van der Waals surface area contributed by atoms with E-state index in [2.05, 4.69) is 30.0 Å². The molecule has 1 heterocycles. The van der Waals surface area contributed by atoms with E-state index in [0.29, 0.717) is 6.04 Å². The van der Waals surface area contributed by atoms with Crippen LogP contribution in [0, 0.1) is 11.3 Å². The zero-order chi connectivity index (χ0) is 9.71. The molecule has 2 nitrogen and oxygen atoms in total. The van der Waals surface area contributed by atoms with E-state index in [1.54, 1.807) is 0 Å². The molecule has 1 aliphatic carbocycles. The molecule has 0 amide bonds. The Morgan fingerprint density at radius 1 is 1.36 bits per heavy atom. The molecule has 14 heavy (non-hydrogen) atoms. The average molecular weight is 186 g/mol. The molecule has 0 bridgehead atoms. The van der Waals surface area contributed by atoms with Crippen LogP contribution >= 0.6 is 0 Å². The van der Waals surface area contributed by atoms with Crippen LogP contribution in [-0.4, -0.2) is 16.8 Å². The maximum atomic E-state index is 8.07. The molecule has 1 aromatic rings. The summed E-state index contributed by atoms with van der Waals surface area (Å²) in [6, 6.07) is 8.91. The number of rotatable bonds is 1. The molecule has 2 heteroatoms. The predicted octanol–water partition coefficient (Wildman–Crippen LogP) is 2.24. The van der Waals surface area contributed by atoms with Crippen LogP contribution in [0.1, 0.15) is 24.5 Å². The van der Waals surface area contributed by atoms with Crippen molar-refractivity contribution >= 4 is 5.84 Å². The van der Waals surface area contributed by atoms with Crippen molar-refractivity contribution in [3.05, 3.63) is 35.4 Å². The van der Waals surface area contributed by atoms with Crippen LogP contribution < -0.4 is 0 Å². The minimum atomic E-state index is 0.634. The van der Waals surface area contributed by atoms with Crippen LogP contribution in [0.25, 0.3) is 0 Å². The first-order valence-corrected chi connectivity index (χ1v) is 5.21. The summed E-state index contributed by atoms with van der Waals surface area (Å²) < 4.78 is 0. The van der Waals surface area contributed by atoms with Gasteiger partial charge in [-0.2, -0.15) is 0 Å². The maximum Gasteiger partial charge on any atom is 0.128 e. The standard InChI is InChI=1S/C12H14N2/c1-8-6-11(8)14-7-9-4-2-3-5-10(9)12(14)13/h2-5,8,11,13H,6-7H2,1H3. The second kappa shape index (κ2) is 2.59. The Morgan fingerprint density at radius 3 is 2.71 bits per heavy atom. The summed E-state index contributed by atoms with van der Waals surface area (Å²) in [6.45, 7) is 3.21. The zero-order valence-corrected chi connectivity index (χ0v) is 8.33. The number of amidine groups is 1. The Balaban J connectivity index is 1.94. The predicted molar refractivity (Wildman–Crippen MR) is 56.4 cm³/mol. The normalized spacial score (nSPS) is 29.2. The molecule has 1 fully saturated rings. The molecule has 2 unspecified atom stereocenters. The Morgan fingerprint density at radius 2 is 2.07 bits per heavy atom. The Labute approximate surface area is 84.1 Å². The van der Waals surface area contributed by atoms with Crippen LogP contribution in [-0.2, 0) is 6.54 Å². The summed E-state index contributed by atoms with van der Waals surface area (Å²) in [5, 5.41) is 8.07. The summed E-state index contributed by atoms with van der Waals surface area (Å²) in [5.41, 5.74) is 2.45. The second-order valence-electron chi connectivity index (χ2n) is 4.41. The lowest BCUT2D eigenvalue weighted by atomic mass is 10.1. The van der Waals surface area contributed by atoms with Crippen molar-refractivity contribution in [3.8, 4) is 0 Å². The highest BCUT2D eigenvalue weighted by Crippen LogP contribution is 2.39. The van der Waals surface area contributed by atoms with Crippen molar-refractivity contribution in [1.82, 2.24) is 4.90 Å². The maximum absolute atomic E-state index is 8.07. The van der Waals surface area contributed by atoms with Crippen LogP contribution in [0.4, 0.5) is 0 Å². The van der Waals surface area contributed by atoms with Gasteiger partial charge in [-0.15, -0.1) is 0 Å². The molecular weight excluding hydrogens is 172 g/mol. The Kier molecular flexibility index (Phi) is 1.49. The van der Waals surface area contributed by atoms with Gasteiger partial charge in [0.15, 0.2) is 0 Å². The van der Waals surface area contributed by atoms with Gasteiger partial charge in [0.05, 0.1) is 0 Å². The molecule has 2 atom stereocenters. The Bertz CT molecular complexity index is 397. The molecular formula is C12H14N2. The summed E-state index contributed by atoms with van der Waals surface area (Å²) in [4.78, 5) is 2.25. The minimum absolute atomic E-state index is 0.634. The number of hydrogen-bond acceptors (Lipinski definition) is 1. The van der Waals surface area contributed by atoms with Gasteiger partial charge in [-0.3, -0.25) is 5.41 Å². The largest absolute Gasteiger partial charge is 0.349 e. The molecule has 0 spiro atoms. The van der Waals surface area contributed by atoms with Crippen molar-refractivity contribution in [2.45, 2.75) is 25.9 Å². The van der Waals surface area contributed by atoms with E-state index in [4.69, 9.17) is 5.41 Å². The minimum Gasteiger partial charge on any atom is -0.349 e. The van der Waals surface area contributed by atoms with E-state index in [9.17, 15) is 0 Å². The third kappa shape index (κ3) is 0.999. The molecule has 3 rings (SSSR count). The lowest BCUT2D eigenvalue weighted by molar-refractivity contribution is 0.402. The number of hydrogen-bond donors (Lipinski definition) is 1. The van der Waals surface area contributed by atoms with E-state index < -0.39 is 0 Å². The topological polar surface area (TPSA) is 27.1 Å². The summed E-state index contributed by atoms with van der Waals surface area (Å²) >= 11 is 0. The van der Waals surface area contributed by atoms with Crippen LogP contribution in [0.3, 0.4) is 0 Å². The number of nitrogens with one attached hydrogen (secondary N) is 1. The van der Waals surface area contributed by atoms with Gasteiger partial charge in [-0.05, 0) is 17.9 Å². The fraction of sp³-hybridized carbons (Fsp3) is 0.417. The SMILES string of the molecule is CC1CC1N1Cc2ccccc2C1=N. The van der Waals surface area contributed by atoms with Crippen LogP contribution in [0.5, 0.6) is 0 Å². The molecule has 1 aliphatic heterocycles. The number of nitrogens with zero attached hydrogens (tertiary/aromatic N) is 1. The second-order valence-corrected chi connectivity index (χ2v) is 4.41. The monoisotopic (exact) mass is 186 g/mol. The van der Waals surface area contributed by atoms with Crippen molar-refractivity contribution in [1.29, 1.82) is 5.41 Å². The van der Waals surface area contributed by atoms with Gasteiger partial charge in [0.25, 0.3) is 0 Å². The first kappa shape index (κ1) is 8.04. The molecule has 1 aromatic carbocycles. The zero-order valence-electron chi connectivity index (χ0n) is 8.33. The first-order chi connectivity index (χ1) is 6.77. The van der Waals surface area contributed by atoms with Gasteiger partial charge in [0.1, 0.15) is 5.84 Å². The van der Waals surface area contributed by atoms with Crippen LogP contribution in [0.2, 0.25) is 0 Å². The van der Waals surface area contributed by atoms with Crippen molar-refractivity contribution in [3.63, 3.8) is 0 Å². The quantitative estimate of drug-likeness (QED) is 0.715. The lowest BCUT2D eigenvalue weighted by Gasteiger charge is -2.17. The van der Waals surface area contributed by atoms with Crippen molar-refractivity contribution in [2.75, 3.05) is 0 Å². The van der Waals surface area contributed by atoms with E-state index >= 15 is 0 Å². The average Bonchev–Trinajstić information content (AvgIpc) is 2.82. The van der Waals surface area contributed by atoms with E-state index in [-0.39, 0.29) is 0 Å². The lowest BCUT2D eigenvalue weighted by Crippen LogP contribution is -2.27. The molecule has 0 aromatic heterocycles. The van der Waals surface area contributed by atoms with Gasteiger partial charge in [-0.1, -0.05) is 31.2 Å². The van der Waals surface area contributed by atoms with Crippen molar-refractivity contribution in [2.24, 2.45) is 5.92 Å². The third-order valence-corrected chi connectivity index (χ3v) is 3.37. The Hall–Kier alpha value is -1.31.